The fourth-order valence-corrected chi connectivity index (χ4v) is 3.10. The zero-order chi connectivity index (χ0) is 18.7. The molecule has 0 aliphatic carbocycles. The Morgan fingerprint density at radius 2 is 2.04 bits per heavy atom. The summed E-state index contributed by atoms with van der Waals surface area (Å²) >= 11 is 0. The molecule has 0 unspecified atom stereocenters. The third-order valence-electron chi connectivity index (χ3n) is 4.42. The van der Waals surface area contributed by atoms with E-state index in [9.17, 15) is 4.79 Å². The second-order valence-corrected chi connectivity index (χ2v) is 6.47. The van der Waals surface area contributed by atoms with E-state index >= 15 is 0 Å². The number of carbonyl (C=O) groups excluding carboxylic acids is 1. The first-order valence-corrected chi connectivity index (χ1v) is 8.59. The summed E-state index contributed by atoms with van der Waals surface area (Å²) in [5.74, 6) is 2.17. The zero-order valence-corrected chi connectivity index (χ0v) is 15.6. The molecule has 1 aromatic carbocycles. The fraction of sp³-hybridized carbons (Fsp3) is 0.421. The summed E-state index contributed by atoms with van der Waals surface area (Å²) in [5, 5.41) is 0. The number of rotatable bonds is 5. The highest BCUT2D eigenvalue weighted by Gasteiger charge is 2.28. The van der Waals surface area contributed by atoms with Crippen LogP contribution in [0.2, 0.25) is 0 Å². The number of hydrogen-bond donors (Lipinski definition) is 0. The second-order valence-electron chi connectivity index (χ2n) is 6.47. The number of fused-ring (bicyclic) bond motifs is 1. The van der Waals surface area contributed by atoms with Gasteiger partial charge in [0, 0.05) is 32.3 Å². The summed E-state index contributed by atoms with van der Waals surface area (Å²) < 4.78 is 11.0. The standard InChI is InChI=1S/C19H24N4O3/c1-13(26-15-7-5-6-14(10-15)25-4)19(24)23-9-8-16-17(11-23)20-12-21-18(16)22(2)3/h5-7,10,12-13H,8-9,11H2,1-4H3/t13-/m0/s1. The molecule has 1 atom stereocenters. The van der Waals surface area contributed by atoms with Gasteiger partial charge in [0.05, 0.1) is 19.3 Å². The minimum Gasteiger partial charge on any atom is -0.497 e. The van der Waals surface area contributed by atoms with Crippen molar-refractivity contribution < 1.29 is 14.3 Å². The SMILES string of the molecule is COc1cccc(O[C@@H](C)C(=O)N2CCc3c(ncnc3N(C)C)C2)c1. The highest BCUT2D eigenvalue weighted by molar-refractivity contribution is 5.81. The summed E-state index contributed by atoms with van der Waals surface area (Å²) in [4.78, 5) is 25.3. The van der Waals surface area contributed by atoms with E-state index in [1.807, 2.05) is 37.2 Å². The molecule has 1 aliphatic heterocycles. The molecule has 1 aromatic heterocycles. The lowest BCUT2D eigenvalue weighted by molar-refractivity contribution is -0.139. The first-order valence-electron chi connectivity index (χ1n) is 8.59. The Hall–Kier alpha value is -2.83. The van der Waals surface area contributed by atoms with Gasteiger partial charge in [-0.2, -0.15) is 0 Å². The molecule has 0 fully saturated rings. The molecular formula is C19H24N4O3. The Balaban J connectivity index is 1.70. The van der Waals surface area contributed by atoms with Gasteiger partial charge in [-0.1, -0.05) is 6.07 Å². The number of carbonyl (C=O) groups is 1. The Kier molecular flexibility index (Phi) is 5.25. The van der Waals surface area contributed by atoms with Crippen LogP contribution in [0, 0.1) is 0 Å². The molecule has 0 N–H and O–H groups in total. The van der Waals surface area contributed by atoms with Gasteiger partial charge in [-0.05, 0) is 25.5 Å². The van der Waals surface area contributed by atoms with Crippen molar-refractivity contribution in [2.45, 2.75) is 26.0 Å². The van der Waals surface area contributed by atoms with Crippen LogP contribution in [0.4, 0.5) is 5.82 Å². The van der Waals surface area contributed by atoms with Crippen molar-refractivity contribution in [3.63, 3.8) is 0 Å². The molecular weight excluding hydrogens is 332 g/mol. The molecule has 0 spiro atoms. The third-order valence-corrected chi connectivity index (χ3v) is 4.42. The summed E-state index contributed by atoms with van der Waals surface area (Å²) in [6, 6.07) is 7.26. The smallest absolute Gasteiger partial charge is 0.263 e. The summed E-state index contributed by atoms with van der Waals surface area (Å²) in [7, 11) is 5.52. The normalized spacial score (nSPS) is 14.4. The molecule has 0 saturated heterocycles. The van der Waals surface area contributed by atoms with E-state index in [1.54, 1.807) is 31.3 Å². The van der Waals surface area contributed by atoms with Crippen molar-refractivity contribution in [3.05, 3.63) is 41.9 Å². The van der Waals surface area contributed by atoms with Gasteiger partial charge >= 0.3 is 0 Å². The maximum Gasteiger partial charge on any atom is 0.263 e. The van der Waals surface area contributed by atoms with Crippen molar-refractivity contribution in [1.82, 2.24) is 14.9 Å². The molecule has 7 nitrogen and oxygen atoms in total. The van der Waals surface area contributed by atoms with E-state index in [0.717, 1.165) is 23.5 Å². The Bertz CT molecular complexity index is 794. The molecule has 1 aliphatic rings. The fourth-order valence-electron chi connectivity index (χ4n) is 3.10. The third kappa shape index (κ3) is 3.71. The highest BCUT2D eigenvalue weighted by Crippen LogP contribution is 2.25. The van der Waals surface area contributed by atoms with Crippen LogP contribution in [0.25, 0.3) is 0 Å². The summed E-state index contributed by atoms with van der Waals surface area (Å²) in [6.07, 6.45) is 1.71. The van der Waals surface area contributed by atoms with Crippen molar-refractivity contribution in [3.8, 4) is 11.5 Å². The molecule has 0 bridgehead atoms. The van der Waals surface area contributed by atoms with Crippen LogP contribution >= 0.6 is 0 Å². The van der Waals surface area contributed by atoms with Gasteiger partial charge in [-0.15, -0.1) is 0 Å². The van der Waals surface area contributed by atoms with Crippen molar-refractivity contribution in [2.24, 2.45) is 0 Å². The molecule has 138 valence electrons. The van der Waals surface area contributed by atoms with Crippen molar-refractivity contribution in [2.75, 3.05) is 32.6 Å². The lowest BCUT2D eigenvalue weighted by Gasteiger charge is -2.31. The first-order chi connectivity index (χ1) is 12.5. The quantitative estimate of drug-likeness (QED) is 0.815. The number of hydrogen-bond acceptors (Lipinski definition) is 6. The lowest BCUT2D eigenvalue weighted by atomic mass is 10.0. The molecule has 7 heteroatoms. The minimum atomic E-state index is -0.584. The molecule has 2 aromatic rings. The average Bonchev–Trinajstić information content (AvgIpc) is 2.66. The molecule has 2 heterocycles. The van der Waals surface area contributed by atoms with E-state index in [1.165, 1.54) is 0 Å². The zero-order valence-electron chi connectivity index (χ0n) is 15.6. The number of methoxy groups -OCH3 is 1. The van der Waals surface area contributed by atoms with E-state index in [-0.39, 0.29) is 5.91 Å². The van der Waals surface area contributed by atoms with Crippen LogP contribution in [0.1, 0.15) is 18.2 Å². The summed E-state index contributed by atoms with van der Waals surface area (Å²) in [6.45, 7) is 2.87. The molecule has 1 amide bonds. The average molecular weight is 356 g/mol. The molecule has 0 radical (unpaired) electrons. The Labute approximate surface area is 153 Å². The largest absolute Gasteiger partial charge is 0.497 e. The molecule has 26 heavy (non-hydrogen) atoms. The second kappa shape index (κ2) is 7.59. The van der Waals surface area contributed by atoms with E-state index in [4.69, 9.17) is 9.47 Å². The topological polar surface area (TPSA) is 67.8 Å². The monoisotopic (exact) mass is 356 g/mol. The number of amides is 1. The van der Waals surface area contributed by atoms with Crippen molar-refractivity contribution in [1.29, 1.82) is 0 Å². The van der Waals surface area contributed by atoms with Gasteiger partial charge in [-0.25, -0.2) is 9.97 Å². The number of ether oxygens (including phenoxy) is 2. The van der Waals surface area contributed by atoms with Gasteiger partial charge in [0.15, 0.2) is 6.10 Å². The first kappa shape index (κ1) is 18.0. The van der Waals surface area contributed by atoms with Gasteiger partial charge in [-0.3, -0.25) is 4.79 Å². The van der Waals surface area contributed by atoms with Crippen LogP contribution in [0.5, 0.6) is 11.5 Å². The minimum absolute atomic E-state index is 0.0523. The van der Waals surface area contributed by atoms with Gasteiger partial charge < -0.3 is 19.3 Å². The van der Waals surface area contributed by atoms with Crippen LogP contribution in [-0.2, 0) is 17.8 Å². The Morgan fingerprint density at radius 1 is 1.27 bits per heavy atom. The number of anilines is 1. The van der Waals surface area contributed by atoms with E-state index in [2.05, 4.69) is 9.97 Å². The highest BCUT2D eigenvalue weighted by atomic mass is 16.5. The van der Waals surface area contributed by atoms with Crippen molar-refractivity contribution >= 4 is 11.7 Å². The Morgan fingerprint density at radius 3 is 2.77 bits per heavy atom. The van der Waals surface area contributed by atoms with Crippen LogP contribution in [-0.4, -0.2) is 54.6 Å². The van der Waals surface area contributed by atoms with Gasteiger partial charge in [0.2, 0.25) is 0 Å². The predicted octanol–water partition coefficient (Wildman–Crippen LogP) is 1.90. The molecule has 3 rings (SSSR count). The summed E-state index contributed by atoms with van der Waals surface area (Å²) in [5.41, 5.74) is 2.01. The number of aromatic nitrogens is 2. The number of nitrogens with zero attached hydrogens (tertiary/aromatic N) is 4. The maximum atomic E-state index is 12.8. The number of benzene rings is 1. The lowest BCUT2D eigenvalue weighted by Crippen LogP contribution is -2.43. The van der Waals surface area contributed by atoms with Crippen LogP contribution < -0.4 is 14.4 Å². The molecule has 0 saturated carbocycles. The van der Waals surface area contributed by atoms with E-state index in [0.29, 0.717) is 24.6 Å². The van der Waals surface area contributed by atoms with Crippen LogP contribution in [0.3, 0.4) is 0 Å². The predicted molar refractivity (Wildman–Crippen MR) is 98.6 cm³/mol. The van der Waals surface area contributed by atoms with E-state index < -0.39 is 6.10 Å². The van der Waals surface area contributed by atoms with Gasteiger partial charge in [0.1, 0.15) is 23.6 Å². The van der Waals surface area contributed by atoms with Crippen LogP contribution in [0.15, 0.2) is 30.6 Å². The maximum absolute atomic E-state index is 12.8. The van der Waals surface area contributed by atoms with Gasteiger partial charge in [0.25, 0.3) is 5.91 Å².